The summed E-state index contributed by atoms with van der Waals surface area (Å²) >= 11 is 0. The molecule has 1 aromatic carbocycles. The fourth-order valence-electron chi connectivity index (χ4n) is 2.46. The van der Waals surface area contributed by atoms with Gasteiger partial charge >= 0.3 is 0 Å². The lowest BCUT2D eigenvalue weighted by Gasteiger charge is -2.21. The van der Waals surface area contributed by atoms with Gasteiger partial charge in [0, 0.05) is 19.6 Å². The molecule has 2 N–H and O–H groups in total. The van der Waals surface area contributed by atoms with Gasteiger partial charge < -0.3 is 10.3 Å². The van der Waals surface area contributed by atoms with E-state index in [1.165, 1.54) is 12.0 Å². The Labute approximate surface area is 106 Å². The molecule has 1 atom stereocenters. The summed E-state index contributed by atoms with van der Waals surface area (Å²) in [6.07, 6.45) is 2.20. The monoisotopic (exact) mass is 244 g/mol. The molecule has 3 rings (SSSR count). The van der Waals surface area contributed by atoms with Gasteiger partial charge in [-0.2, -0.15) is 4.98 Å². The largest absolute Gasteiger partial charge is 0.343 e. The van der Waals surface area contributed by atoms with Crippen LogP contribution in [0.3, 0.4) is 0 Å². The number of hydrogen-bond donors (Lipinski definition) is 1. The minimum absolute atomic E-state index is 0.470. The van der Waals surface area contributed by atoms with E-state index in [-0.39, 0.29) is 0 Å². The van der Waals surface area contributed by atoms with Crippen LogP contribution in [0.25, 0.3) is 0 Å². The first-order valence-electron chi connectivity index (χ1n) is 6.08. The molecule has 1 unspecified atom stereocenters. The SMILES string of the molecule is NC1(c2ncon2)CCN(Cc2ccccc2)C1. The molecule has 0 spiro atoms. The molecule has 5 heteroatoms. The highest BCUT2D eigenvalue weighted by Gasteiger charge is 2.39. The Balaban J connectivity index is 1.69. The highest BCUT2D eigenvalue weighted by molar-refractivity contribution is 5.16. The van der Waals surface area contributed by atoms with Crippen LogP contribution in [0.5, 0.6) is 0 Å². The van der Waals surface area contributed by atoms with Crippen LogP contribution >= 0.6 is 0 Å². The van der Waals surface area contributed by atoms with Crippen LogP contribution in [0.15, 0.2) is 41.2 Å². The average Bonchev–Trinajstić information content (AvgIpc) is 3.01. The van der Waals surface area contributed by atoms with Gasteiger partial charge in [-0.05, 0) is 12.0 Å². The van der Waals surface area contributed by atoms with E-state index in [1.807, 2.05) is 6.07 Å². The van der Waals surface area contributed by atoms with Crippen molar-refractivity contribution in [3.05, 3.63) is 48.1 Å². The van der Waals surface area contributed by atoms with Gasteiger partial charge in [0.25, 0.3) is 0 Å². The molecule has 0 saturated carbocycles. The zero-order valence-electron chi connectivity index (χ0n) is 10.1. The molecule has 1 saturated heterocycles. The van der Waals surface area contributed by atoms with Gasteiger partial charge in [0.1, 0.15) is 0 Å². The molecule has 2 aromatic rings. The summed E-state index contributed by atoms with van der Waals surface area (Å²) in [5, 5.41) is 3.87. The summed E-state index contributed by atoms with van der Waals surface area (Å²) in [4.78, 5) is 6.41. The predicted octanol–water partition coefficient (Wildman–Crippen LogP) is 1.13. The molecule has 1 fully saturated rings. The van der Waals surface area contributed by atoms with Crippen LogP contribution < -0.4 is 5.73 Å². The van der Waals surface area contributed by atoms with Crippen molar-refractivity contribution in [2.75, 3.05) is 13.1 Å². The lowest BCUT2D eigenvalue weighted by Crippen LogP contribution is -2.40. The maximum atomic E-state index is 6.34. The number of rotatable bonds is 3. The molecule has 1 aliphatic rings. The van der Waals surface area contributed by atoms with Crippen LogP contribution in [-0.2, 0) is 12.1 Å². The third-order valence-corrected chi connectivity index (χ3v) is 3.44. The molecule has 0 radical (unpaired) electrons. The molecule has 5 nitrogen and oxygen atoms in total. The van der Waals surface area contributed by atoms with Crippen molar-refractivity contribution in [2.45, 2.75) is 18.5 Å². The first-order valence-corrected chi connectivity index (χ1v) is 6.08. The number of hydrogen-bond acceptors (Lipinski definition) is 5. The molecule has 18 heavy (non-hydrogen) atoms. The van der Waals surface area contributed by atoms with Crippen molar-refractivity contribution in [3.8, 4) is 0 Å². The molecular formula is C13H16N4O. The normalized spacial score (nSPS) is 24.5. The topological polar surface area (TPSA) is 68.2 Å². The Kier molecular flexibility index (Phi) is 2.85. The smallest absolute Gasteiger partial charge is 0.213 e. The number of nitrogens with zero attached hydrogens (tertiary/aromatic N) is 3. The molecule has 0 amide bonds. The Morgan fingerprint density at radius 2 is 2.17 bits per heavy atom. The van der Waals surface area contributed by atoms with Gasteiger partial charge in [0.2, 0.25) is 6.39 Å². The predicted molar refractivity (Wildman–Crippen MR) is 66.5 cm³/mol. The van der Waals surface area contributed by atoms with E-state index in [0.717, 1.165) is 26.1 Å². The summed E-state index contributed by atoms with van der Waals surface area (Å²) in [7, 11) is 0. The van der Waals surface area contributed by atoms with E-state index in [2.05, 4.69) is 39.3 Å². The van der Waals surface area contributed by atoms with Crippen molar-refractivity contribution in [1.29, 1.82) is 0 Å². The maximum absolute atomic E-state index is 6.34. The van der Waals surface area contributed by atoms with Gasteiger partial charge in [-0.3, -0.25) is 4.90 Å². The quantitative estimate of drug-likeness (QED) is 0.876. The maximum Gasteiger partial charge on any atom is 0.213 e. The molecule has 0 bridgehead atoms. The van der Waals surface area contributed by atoms with Crippen molar-refractivity contribution in [3.63, 3.8) is 0 Å². The van der Waals surface area contributed by atoms with Crippen LogP contribution in [0.4, 0.5) is 0 Å². The highest BCUT2D eigenvalue weighted by Crippen LogP contribution is 2.27. The van der Waals surface area contributed by atoms with E-state index >= 15 is 0 Å². The highest BCUT2D eigenvalue weighted by atomic mass is 16.5. The van der Waals surface area contributed by atoms with Crippen molar-refractivity contribution in [2.24, 2.45) is 5.73 Å². The standard InChI is InChI=1S/C13H16N4O/c14-13(12-15-10-18-16-12)6-7-17(9-13)8-11-4-2-1-3-5-11/h1-5,10H,6-9,14H2. The van der Waals surface area contributed by atoms with E-state index in [0.29, 0.717) is 5.82 Å². The van der Waals surface area contributed by atoms with E-state index < -0.39 is 5.54 Å². The van der Waals surface area contributed by atoms with Crippen molar-refractivity contribution >= 4 is 0 Å². The molecule has 1 aliphatic heterocycles. The fraction of sp³-hybridized carbons (Fsp3) is 0.385. The van der Waals surface area contributed by atoms with Crippen molar-refractivity contribution in [1.82, 2.24) is 15.0 Å². The Morgan fingerprint density at radius 3 is 2.89 bits per heavy atom. The van der Waals surface area contributed by atoms with Crippen LogP contribution in [-0.4, -0.2) is 28.1 Å². The lowest BCUT2D eigenvalue weighted by atomic mass is 10.00. The molecule has 0 aliphatic carbocycles. The third-order valence-electron chi connectivity index (χ3n) is 3.44. The Morgan fingerprint density at radius 1 is 1.33 bits per heavy atom. The zero-order valence-corrected chi connectivity index (χ0v) is 10.1. The number of likely N-dealkylation sites (tertiary alicyclic amines) is 1. The van der Waals surface area contributed by atoms with E-state index in [9.17, 15) is 0 Å². The minimum Gasteiger partial charge on any atom is -0.343 e. The van der Waals surface area contributed by atoms with Gasteiger partial charge in [0.05, 0.1) is 5.54 Å². The van der Waals surface area contributed by atoms with Gasteiger partial charge in [0.15, 0.2) is 5.82 Å². The summed E-state index contributed by atoms with van der Waals surface area (Å²) in [6.45, 7) is 2.64. The second kappa shape index (κ2) is 4.51. The number of nitrogens with two attached hydrogens (primary N) is 1. The van der Waals surface area contributed by atoms with Crippen LogP contribution in [0, 0.1) is 0 Å². The van der Waals surface area contributed by atoms with Gasteiger partial charge in [-0.15, -0.1) is 0 Å². The van der Waals surface area contributed by atoms with Crippen molar-refractivity contribution < 1.29 is 4.52 Å². The summed E-state index contributed by atoms with van der Waals surface area (Å²) in [6, 6.07) is 10.4. The molecule has 2 heterocycles. The number of benzene rings is 1. The first-order chi connectivity index (χ1) is 8.76. The van der Waals surface area contributed by atoms with Gasteiger partial charge in [-0.1, -0.05) is 35.5 Å². The second-order valence-electron chi connectivity index (χ2n) is 4.86. The summed E-state index contributed by atoms with van der Waals surface area (Å²) in [5.41, 5.74) is 7.17. The zero-order chi connectivity index (χ0) is 12.4. The average molecular weight is 244 g/mol. The fourth-order valence-corrected chi connectivity index (χ4v) is 2.46. The molecular weight excluding hydrogens is 228 g/mol. The second-order valence-corrected chi connectivity index (χ2v) is 4.86. The van der Waals surface area contributed by atoms with Crippen LogP contribution in [0.2, 0.25) is 0 Å². The van der Waals surface area contributed by atoms with E-state index in [4.69, 9.17) is 10.3 Å². The minimum atomic E-state index is -0.470. The Hall–Kier alpha value is -1.72. The Bertz CT molecular complexity index is 499. The molecule has 1 aromatic heterocycles. The number of aromatic nitrogens is 2. The molecule has 94 valence electrons. The third kappa shape index (κ3) is 2.14. The van der Waals surface area contributed by atoms with E-state index in [1.54, 1.807) is 0 Å². The summed E-state index contributed by atoms with van der Waals surface area (Å²) in [5.74, 6) is 0.609. The van der Waals surface area contributed by atoms with Crippen LogP contribution in [0.1, 0.15) is 17.8 Å². The lowest BCUT2D eigenvalue weighted by molar-refractivity contribution is 0.295. The summed E-state index contributed by atoms with van der Waals surface area (Å²) < 4.78 is 4.79. The first kappa shape index (κ1) is 11.4. The van der Waals surface area contributed by atoms with Gasteiger partial charge in [-0.25, -0.2) is 0 Å².